The first-order chi connectivity index (χ1) is 39.9. The van der Waals surface area contributed by atoms with Gasteiger partial charge in [0.1, 0.15) is 19.3 Å². The monoisotopic (exact) mass is 1170 g/mol. The van der Waals surface area contributed by atoms with Gasteiger partial charge in [0.15, 0.2) is 0 Å². The van der Waals surface area contributed by atoms with Crippen molar-refractivity contribution < 1.29 is 37.3 Å². The molecular weight excluding hydrogens is 1040 g/mol. The van der Waals surface area contributed by atoms with E-state index >= 15 is 0 Å². The van der Waals surface area contributed by atoms with E-state index in [4.69, 9.17) is 13.8 Å². The van der Waals surface area contributed by atoms with Crippen LogP contribution in [0.2, 0.25) is 0 Å². The van der Waals surface area contributed by atoms with Gasteiger partial charge in [-0.05, 0) is 102 Å². The molecule has 0 aliphatic carbocycles. The van der Waals surface area contributed by atoms with E-state index in [0.29, 0.717) is 17.4 Å². The molecule has 0 aliphatic rings. The van der Waals surface area contributed by atoms with Gasteiger partial charge in [-0.1, -0.05) is 280 Å². The summed E-state index contributed by atoms with van der Waals surface area (Å²) in [6.45, 7) is 6.91. The van der Waals surface area contributed by atoms with Gasteiger partial charge in [-0.25, -0.2) is 4.57 Å². The van der Waals surface area contributed by atoms with Gasteiger partial charge in [-0.15, -0.1) is 0 Å². The summed E-state index contributed by atoms with van der Waals surface area (Å²) in [6.07, 6.45) is 81.6. The highest BCUT2D eigenvalue weighted by Crippen LogP contribution is 2.43. The van der Waals surface area contributed by atoms with Crippen molar-refractivity contribution in [3.63, 3.8) is 0 Å². The second kappa shape index (κ2) is 61.3. The summed E-state index contributed by atoms with van der Waals surface area (Å²) in [6, 6.07) is -0.857. The van der Waals surface area contributed by atoms with Crippen LogP contribution in [0.25, 0.3) is 0 Å². The Morgan fingerprint density at radius 3 is 1.18 bits per heavy atom. The molecule has 0 radical (unpaired) electrons. The van der Waals surface area contributed by atoms with Crippen molar-refractivity contribution in [3.8, 4) is 0 Å². The maximum absolute atomic E-state index is 13.6. The minimum atomic E-state index is -4.46. The fourth-order valence-electron chi connectivity index (χ4n) is 9.79. The van der Waals surface area contributed by atoms with Crippen LogP contribution in [0.4, 0.5) is 0 Å². The summed E-state index contributed by atoms with van der Waals surface area (Å²) in [5, 5.41) is 3.06. The van der Waals surface area contributed by atoms with Crippen molar-refractivity contribution in [1.82, 2.24) is 5.32 Å². The van der Waals surface area contributed by atoms with Crippen molar-refractivity contribution in [1.29, 1.82) is 0 Å². The van der Waals surface area contributed by atoms with Gasteiger partial charge in [0.2, 0.25) is 5.91 Å². The third-order valence-electron chi connectivity index (χ3n) is 15.1. The molecule has 0 aromatic carbocycles. The zero-order valence-corrected chi connectivity index (χ0v) is 55.4. The number of allylic oxidation sites excluding steroid dienone is 13. The van der Waals surface area contributed by atoms with Crippen LogP contribution in [-0.2, 0) is 27.9 Å². The Kier molecular flexibility index (Phi) is 59.2. The van der Waals surface area contributed by atoms with Crippen LogP contribution in [-0.4, -0.2) is 74.3 Å². The molecule has 0 rings (SSSR count). The van der Waals surface area contributed by atoms with Crippen LogP contribution in [0.1, 0.15) is 310 Å². The average molecular weight is 1170 g/mol. The molecule has 0 saturated carbocycles. The van der Waals surface area contributed by atoms with E-state index in [1.165, 1.54) is 167 Å². The third kappa shape index (κ3) is 61.7. The minimum absolute atomic E-state index is 0.0363. The van der Waals surface area contributed by atoms with Gasteiger partial charge in [0, 0.05) is 12.8 Å². The number of quaternary nitrogens is 1. The number of hydrogen-bond donors (Lipinski definition) is 2. The number of nitrogens with one attached hydrogen (secondary N) is 1. The molecule has 1 amide bonds. The van der Waals surface area contributed by atoms with Gasteiger partial charge in [0.25, 0.3) is 0 Å². The molecule has 2 N–H and O–H groups in total. The van der Waals surface area contributed by atoms with E-state index in [9.17, 15) is 19.0 Å². The molecule has 476 valence electrons. The highest BCUT2D eigenvalue weighted by molar-refractivity contribution is 7.47. The molecule has 3 atom stereocenters. The molecule has 0 saturated heterocycles. The zero-order chi connectivity index (χ0) is 60.0. The summed E-state index contributed by atoms with van der Waals surface area (Å²) in [5.74, 6) is -0.512. The Balaban J connectivity index is 5.11. The quantitative estimate of drug-likeness (QED) is 0.0205. The second-order valence-electron chi connectivity index (χ2n) is 24.3. The van der Waals surface area contributed by atoms with E-state index < -0.39 is 20.0 Å². The molecular formula is C72H132N2O7P+. The van der Waals surface area contributed by atoms with E-state index in [1.54, 1.807) is 0 Å². The van der Waals surface area contributed by atoms with E-state index in [-0.39, 0.29) is 31.5 Å². The van der Waals surface area contributed by atoms with E-state index in [0.717, 1.165) is 109 Å². The first-order valence-electron chi connectivity index (χ1n) is 34.4. The van der Waals surface area contributed by atoms with Gasteiger partial charge in [-0.3, -0.25) is 18.6 Å². The van der Waals surface area contributed by atoms with Crippen LogP contribution in [0, 0.1) is 0 Å². The molecule has 0 aromatic rings. The number of phosphoric acid groups is 1. The normalized spacial score (nSPS) is 14.1. The predicted molar refractivity (Wildman–Crippen MR) is 355 cm³/mol. The Morgan fingerprint density at radius 1 is 0.439 bits per heavy atom. The summed E-state index contributed by atoms with van der Waals surface area (Å²) in [7, 11) is 1.49. The number of carbonyl (C=O) groups excluding carboxylic acids is 2. The van der Waals surface area contributed by atoms with Crippen LogP contribution in [0.5, 0.6) is 0 Å². The summed E-state index contributed by atoms with van der Waals surface area (Å²) in [4.78, 5) is 37.8. The Bertz CT molecular complexity index is 1680. The fraction of sp³-hybridized carbons (Fsp3) is 0.778. The SMILES string of the molecule is CC/C=C\C/C=C\C/C=C\C/C=C\C/C=C\CCCCCCCCCCCCCC(=O)OC(/C=C\CCCCCCCCCCCCC)C(COP(=O)(O)OCC[N+](C)(C)C)NC(=O)CCCCCCC/C=C/CCCCCCCCC. The largest absolute Gasteiger partial charge is 0.472 e. The number of carbonyl (C=O) groups is 2. The lowest BCUT2D eigenvalue weighted by Crippen LogP contribution is -2.47. The highest BCUT2D eigenvalue weighted by atomic mass is 31.2. The van der Waals surface area contributed by atoms with Crippen LogP contribution in [0.3, 0.4) is 0 Å². The molecule has 0 aliphatic heterocycles. The van der Waals surface area contributed by atoms with Crippen molar-refractivity contribution in [2.75, 3.05) is 40.9 Å². The second-order valence-corrected chi connectivity index (χ2v) is 25.8. The van der Waals surface area contributed by atoms with Crippen LogP contribution >= 0.6 is 7.82 Å². The molecule has 9 nitrogen and oxygen atoms in total. The van der Waals surface area contributed by atoms with Crippen molar-refractivity contribution in [2.45, 2.75) is 322 Å². The van der Waals surface area contributed by atoms with Gasteiger partial charge in [-0.2, -0.15) is 0 Å². The van der Waals surface area contributed by atoms with Crippen LogP contribution in [0.15, 0.2) is 85.1 Å². The number of ether oxygens (including phenoxy) is 1. The molecule has 3 unspecified atom stereocenters. The number of unbranched alkanes of at least 4 members (excludes halogenated alkanes) is 34. The van der Waals surface area contributed by atoms with E-state index in [2.05, 4.69) is 99.0 Å². The number of esters is 1. The molecule has 0 aromatic heterocycles. The third-order valence-corrected chi connectivity index (χ3v) is 16.1. The molecule has 0 spiro atoms. The number of nitrogens with zero attached hydrogens (tertiary/aromatic N) is 1. The maximum Gasteiger partial charge on any atom is 0.472 e. The summed E-state index contributed by atoms with van der Waals surface area (Å²) in [5.41, 5.74) is 0. The number of likely N-dealkylation sites (N-methyl/N-ethyl adjacent to an activating group) is 1. The fourth-order valence-corrected chi connectivity index (χ4v) is 10.5. The molecule has 0 bridgehead atoms. The van der Waals surface area contributed by atoms with Crippen molar-refractivity contribution in [2.24, 2.45) is 0 Å². The molecule has 82 heavy (non-hydrogen) atoms. The Hall–Kier alpha value is -2.81. The molecule has 0 fully saturated rings. The lowest BCUT2D eigenvalue weighted by molar-refractivity contribution is -0.870. The number of phosphoric ester groups is 1. The lowest BCUT2D eigenvalue weighted by Gasteiger charge is -2.27. The summed E-state index contributed by atoms with van der Waals surface area (Å²) >= 11 is 0. The number of amides is 1. The van der Waals surface area contributed by atoms with E-state index in [1.807, 2.05) is 33.3 Å². The van der Waals surface area contributed by atoms with Crippen LogP contribution < -0.4 is 5.32 Å². The van der Waals surface area contributed by atoms with Crippen molar-refractivity contribution in [3.05, 3.63) is 85.1 Å². The van der Waals surface area contributed by atoms with Gasteiger partial charge >= 0.3 is 13.8 Å². The smallest absolute Gasteiger partial charge is 0.456 e. The standard InChI is InChI=1S/C72H131N2O7P/c1-7-10-13-16-19-22-25-28-30-32-33-34-35-36-37-38-39-40-41-42-44-47-50-53-56-59-62-65-72(76)81-70(63-60-57-54-51-48-45-27-24-21-18-15-12-9-3)69(68-80-82(77,78)79-67-66-74(4,5)6)73-71(75)64-61-58-55-52-49-46-43-31-29-26-23-20-17-14-11-8-2/h10,13,19,22,28,30-31,33-34,36-37,43,60,63,69-70H,7-9,11-12,14-18,20-21,23-27,29,32,35,38-42,44-59,61-62,64-68H2,1-6H3,(H-,73,75,77,78)/p+1/b13-10-,22-19-,30-28-,34-33-,37-36-,43-31+,63-60-. The Morgan fingerprint density at radius 2 is 0.780 bits per heavy atom. The zero-order valence-electron chi connectivity index (χ0n) is 54.5. The Labute approximate surface area is 507 Å². The number of rotatable bonds is 62. The molecule has 10 heteroatoms. The highest BCUT2D eigenvalue weighted by Gasteiger charge is 2.30. The maximum atomic E-state index is 13.6. The number of hydrogen-bond acceptors (Lipinski definition) is 6. The predicted octanol–water partition coefficient (Wildman–Crippen LogP) is 21.7. The van der Waals surface area contributed by atoms with Gasteiger partial charge in [0.05, 0.1) is 33.8 Å². The summed E-state index contributed by atoms with van der Waals surface area (Å²) < 4.78 is 30.8. The van der Waals surface area contributed by atoms with Crippen molar-refractivity contribution >= 4 is 19.7 Å². The minimum Gasteiger partial charge on any atom is -0.456 e. The lowest BCUT2D eigenvalue weighted by atomic mass is 10.0. The van der Waals surface area contributed by atoms with Gasteiger partial charge < -0.3 is 19.4 Å². The average Bonchev–Trinajstić information content (AvgIpc) is 3.45. The first kappa shape index (κ1) is 79.2. The topological polar surface area (TPSA) is 111 Å². The molecule has 0 heterocycles. The first-order valence-corrected chi connectivity index (χ1v) is 35.9.